The van der Waals surface area contributed by atoms with E-state index < -0.39 is 0 Å². The van der Waals surface area contributed by atoms with Crippen molar-refractivity contribution in [1.29, 1.82) is 0 Å². The Kier molecular flexibility index (Phi) is 9.36. The van der Waals surface area contributed by atoms with Gasteiger partial charge >= 0.3 is 0 Å². The Morgan fingerprint density at radius 2 is 1.70 bits per heavy atom. The molecule has 2 aromatic carbocycles. The molecule has 4 rings (SSSR count). The molecule has 0 saturated heterocycles. The minimum Gasteiger partial charge on any atom is -0.489 e. The summed E-state index contributed by atoms with van der Waals surface area (Å²) in [6.07, 6.45) is 9.47. The van der Waals surface area contributed by atoms with Gasteiger partial charge < -0.3 is 15.8 Å². The third-order valence-electron chi connectivity index (χ3n) is 6.94. The molecule has 5 nitrogen and oxygen atoms in total. The van der Waals surface area contributed by atoms with Crippen LogP contribution in [0.5, 0.6) is 5.75 Å². The van der Waals surface area contributed by atoms with Crippen molar-refractivity contribution in [3.63, 3.8) is 0 Å². The molecule has 0 spiro atoms. The average molecular weight is 497 g/mol. The van der Waals surface area contributed by atoms with Crippen LogP contribution in [0.25, 0.3) is 11.3 Å². The highest BCUT2D eigenvalue weighted by Gasteiger charge is 2.22. The first-order valence-corrected chi connectivity index (χ1v) is 13.6. The van der Waals surface area contributed by atoms with Crippen LogP contribution in [0, 0.1) is 0 Å². The molecule has 1 aliphatic rings. The van der Waals surface area contributed by atoms with Crippen LogP contribution in [0.4, 0.5) is 0 Å². The van der Waals surface area contributed by atoms with Gasteiger partial charge in [-0.05, 0) is 59.7 Å². The summed E-state index contributed by atoms with van der Waals surface area (Å²) in [7, 11) is 0. The van der Waals surface area contributed by atoms with Gasteiger partial charge in [-0.1, -0.05) is 76.4 Å². The highest BCUT2D eigenvalue weighted by molar-refractivity contribution is 6.29. The van der Waals surface area contributed by atoms with Gasteiger partial charge in [0.25, 0.3) is 0 Å². The Bertz CT molecular complexity index is 1180. The van der Waals surface area contributed by atoms with Gasteiger partial charge in [0.05, 0.1) is 5.70 Å². The fourth-order valence-corrected chi connectivity index (χ4v) is 4.63. The lowest BCUT2D eigenvalue weighted by Crippen LogP contribution is -2.40. The van der Waals surface area contributed by atoms with E-state index in [1.165, 1.54) is 24.8 Å². The van der Waals surface area contributed by atoms with E-state index in [0.29, 0.717) is 24.3 Å². The fourth-order valence-electron chi connectivity index (χ4n) is 4.63. The normalized spacial score (nSPS) is 16.1. The second-order valence-electron chi connectivity index (χ2n) is 10.1. The van der Waals surface area contributed by atoms with Crippen molar-refractivity contribution in [2.24, 2.45) is 10.7 Å². The summed E-state index contributed by atoms with van der Waals surface area (Å²) in [4.78, 5) is 9.03. The second kappa shape index (κ2) is 13.1. The molecule has 1 atom stereocenters. The van der Waals surface area contributed by atoms with Crippen molar-refractivity contribution >= 4 is 17.1 Å². The molecule has 0 amide bonds. The maximum atomic E-state index is 6.78. The number of nitrogens with zero attached hydrogens (tertiary/aromatic N) is 2. The number of hydrogen-bond donors (Lipinski definition) is 2. The first-order chi connectivity index (χ1) is 18.0. The van der Waals surface area contributed by atoms with E-state index in [1.807, 2.05) is 24.3 Å². The maximum absolute atomic E-state index is 6.78. The molecule has 0 saturated carbocycles. The van der Waals surface area contributed by atoms with Crippen molar-refractivity contribution in [3.05, 3.63) is 95.3 Å². The minimum absolute atomic E-state index is 0.420. The highest BCUT2D eigenvalue weighted by atomic mass is 16.5. The number of aliphatic imine (C=N–C) groups is 1. The number of rotatable bonds is 11. The molecule has 194 valence electrons. The third kappa shape index (κ3) is 7.22. The second-order valence-corrected chi connectivity index (χ2v) is 10.1. The molecular formula is C32H40N4O. The topological polar surface area (TPSA) is 72.5 Å². The Balaban J connectivity index is 1.54. The molecule has 1 aromatic heterocycles. The van der Waals surface area contributed by atoms with E-state index >= 15 is 0 Å². The van der Waals surface area contributed by atoms with Gasteiger partial charge in [0.1, 0.15) is 18.2 Å². The SMILES string of the molecule is CCCCCC1CCN=C(C(=C(N)c2ccncc2)c2ccc(OCc3ccc(C(C)C)cc3)cc2)N1. The lowest BCUT2D eigenvalue weighted by molar-refractivity contribution is 0.306. The van der Waals surface area contributed by atoms with Crippen LogP contribution in [0.1, 0.15) is 81.0 Å². The fraction of sp³-hybridized carbons (Fsp3) is 0.375. The third-order valence-corrected chi connectivity index (χ3v) is 6.94. The first-order valence-electron chi connectivity index (χ1n) is 13.6. The van der Waals surface area contributed by atoms with Gasteiger partial charge in [-0.3, -0.25) is 9.98 Å². The number of amidine groups is 1. The number of hydrogen-bond acceptors (Lipinski definition) is 5. The zero-order valence-electron chi connectivity index (χ0n) is 22.4. The molecule has 3 aromatic rings. The zero-order chi connectivity index (χ0) is 26.0. The van der Waals surface area contributed by atoms with Gasteiger partial charge in [-0.15, -0.1) is 0 Å². The van der Waals surface area contributed by atoms with Crippen LogP contribution in [0.3, 0.4) is 0 Å². The summed E-state index contributed by atoms with van der Waals surface area (Å²) in [6.45, 7) is 8.00. The summed E-state index contributed by atoms with van der Waals surface area (Å²) < 4.78 is 6.09. The van der Waals surface area contributed by atoms with E-state index in [-0.39, 0.29) is 0 Å². The molecule has 1 aliphatic heterocycles. The molecule has 37 heavy (non-hydrogen) atoms. The highest BCUT2D eigenvalue weighted by Crippen LogP contribution is 2.28. The largest absolute Gasteiger partial charge is 0.489 e. The molecule has 0 aliphatic carbocycles. The minimum atomic E-state index is 0.420. The van der Waals surface area contributed by atoms with Crippen molar-refractivity contribution in [1.82, 2.24) is 10.3 Å². The summed E-state index contributed by atoms with van der Waals surface area (Å²) in [6, 6.07) is 21.1. The number of ether oxygens (including phenoxy) is 1. The van der Waals surface area contributed by atoms with Crippen LogP contribution in [0.2, 0.25) is 0 Å². The van der Waals surface area contributed by atoms with E-state index in [2.05, 4.69) is 67.5 Å². The Morgan fingerprint density at radius 3 is 2.38 bits per heavy atom. The van der Waals surface area contributed by atoms with Crippen molar-refractivity contribution in [2.45, 2.75) is 71.4 Å². The van der Waals surface area contributed by atoms with Gasteiger partial charge in [0.2, 0.25) is 0 Å². The molecule has 0 radical (unpaired) electrons. The quantitative estimate of drug-likeness (QED) is 0.282. The van der Waals surface area contributed by atoms with Gasteiger partial charge in [-0.2, -0.15) is 0 Å². The monoisotopic (exact) mass is 496 g/mol. The Morgan fingerprint density at radius 1 is 0.973 bits per heavy atom. The van der Waals surface area contributed by atoms with Crippen molar-refractivity contribution < 1.29 is 4.74 Å². The Labute approximate surface area is 221 Å². The lowest BCUT2D eigenvalue weighted by Gasteiger charge is -2.27. The van der Waals surface area contributed by atoms with Crippen molar-refractivity contribution in [3.8, 4) is 5.75 Å². The smallest absolute Gasteiger partial charge is 0.131 e. The number of pyridine rings is 1. The van der Waals surface area contributed by atoms with Gasteiger partial charge in [0.15, 0.2) is 0 Å². The van der Waals surface area contributed by atoms with E-state index in [4.69, 9.17) is 15.5 Å². The molecule has 2 heterocycles. The van der Waals surface area contributed by atoms with Crippen LogP contribution < -0.4 is 15.8 Å². The van der Waals surface area contributed by atoms with Crippen LogP contribution >= 0.6 is 0 Å². The standard InChI is InChI=1S/C32H40N4O/c1-4-5-6-7-28-18-21-35-32(36-28)30(31(33)27-16-19-34-20-17-27)26-12-14-29(15-13-26)37-22-24-8-10-25(11-9-24)23(2)3/h8-17,19-20,23,28H,4-7,18,21-22,33H2,1-3H3,(H,35,36). The summed E-state index contributed by atoms with van der Waals surface area (Å²) >= 11 is 0. The van der Waals surface area contributed by atoms with Crippen molar-refractivity contribution in [2.75, 3.05) is 6.54 Å². The summed E-state index contributed by atoms with van der Waals surface area (Å²) in [5.41, 5.74) is 12.9. The molecular weight excluding hydrogens is 456 g/mol. The predicted molar refractivity (Wildman–Crippen MR) is 155 cm³/mol. The number of nitrogens with one attached hydrogen (secondary N) is 1. The van der Waals surface area contributed by atoms with E-state index in [9.17, 15) is 0 Å². The van der Waals surface area contributed by atoms with E-state index in [0.717, 1.165) is 53.2 Å². The molecule has 0 fully saturated rings. The average Bonchev–Trinajstić information content (AvgIpc) is 2.94. The van der Waals surface area contributed by atoms with Crippen LogP contribution in [-0.4, -0.2) is 23.4 Å². The maximum Gasteiger partial charge on any atom is 0.131 e. The Hall–Kier alpha value is -3.60. The molecule has 1 unspecified atom stereocenters. The first kappa shape index (κ1) is 26.5. The summed E-state index contributed by atoms with van der Waals surface area (Å²) in [5.74, 6) is 2.23. The zero-order valence-corrected chi connectivity index (χ0v) is 22.4. The summed E-state index contributed by atoms with van der Waals surface area (Å²) in [5, 5.41) is 3.70. The number of unbranched alkanes of at least 4 members (excludes halogenated alkanes) is 2. The molecule has 3 N–H and O–H groups in total. The molecule has 0 bridgehead atoms. The van der Waals surface area contributed by atoms with E-state index in [1.54, 1.807) is 12.4 Å². The van der Waals surface area contributed by atoms with Gasteiger partial charge in [0, 0.05) is 36.1 Å². The predicted octanol–water partition coefficient (Wildman–Crippen LogP) is 6.95. The molecule has 5 heteroatoms. The number of aromatic nitrogens is 1. The lowest BCUT2D eigenvalue weighted by atomic mass is 9.96. The van der Waals surface area contributed by atoms with Crippen LogP contribution in [-0.2, 0) is 6.61 Å². The number of nitrogens with two attached hydrogens (primary N) is 1. The number of benzene rings is 2. The van der Waals surface area contributed by atoms with Gasteiger partial charge in [-0.25, -0.2) is 0 Å². The van der Waals surface area contributed by atoms with Crippen LogP contribution in [0.15, 0.2) is 78.0 Å².